The van der Waals surface area contributed by atoms with E-state index < -0.39 is 12.1 Å². The molecule has 39 heavy (non-hydrogen) atoms. The van der Waals surface area contributed by atoms with Gasteiger partial charge in [-0.1, -0.05) is 13.8 Å². The Morgan fingerprint density at radius 3 is 2.31 bits per heavy atom. The molecule has 1 aromatic carbocycles. The van der Waals surface area contributed by atoms with Crippen molar-refractivity contribution in [3.63, 3.8) is 0 Å². The summed E-state index contributed by atoms with van der Waals surface area (Å²) >= 11 is 0. The summed E-state index contributed by atoms with van der Waals surface area (Å²) in [7, 11) is 0. The van der Waals surface area contributed by atoms with Gasteiger partial charge in [0.15, 0.2) is 5.78 Å². The van der Waals surface area contributed by atoms with E-state index in [4.69, 9.17) is 0 Å². The highest BCUT2D eigenvalue weighted by atomic mass is 16.2. The highest BCUT2D eigenvalue weighted by molar-refractivity contribution is 6.00. The van der Waals surface area contributed by atoms with Gasteiger partial charge >= 0.3 is 6.03 Å². The van der Waals surface area contributed by atoms with Crippen LogP contribution in [0.15, 0.2) is 24.3 Å². The average Bonchev–Trinajstić information content (AvgIpc) is 3.54. The smallest absolute Gasteiger partial charge is 0.320 e. The zero-order valence-corrected chi connectivity index (χ0v) is 23.2. The molecule has 212 valence electrons. The van der Waals surface area contributed by atoms with Crippen molar-refractivity contribution in [2.24, 2.45) is 5.92 Å². The van der Waals surface area contributed by atoms with Crippen molar-refractivity contribution in [3.8, 4) is 0 Å². The number of likely N-dealkylation sites (tertiary alicyclic amines) is 3. The van der Waals surface area contributed by atoms with Gasteiger partial charge in [-0.25, -0.2) is 4.79 Å². The fraction of sp³-hybridized carbons (Fsp3) is 0.655. The lowest BCUT2D eigenvalue weighted by molar-refractivity contribution is -0.138. The largest absolute Gasteiger partial charge is 0.369 e. The number of benzene rings is 1. The first-order chi connectivity index (χ1) is 18.8. The molecule has 10 heteroatoms. The van der Waals surface area contributed by atoms with Crippen molar-refractivity contribution in [1.82, 2.24) is 25.3 Å². The topological polar surface area (TPSA) is 105 Å². The number of urea groups is 1. The van der Waals surface area contributed by atoms with Crippen LogP contribution < -0.4 is 15.5 Å². The molecule has 1 aromatic rings. The lowest BCUT2D eigenvalue weighted by atomic mass is 10.0. The molecule has 0 spiro atoms. The number of piperazine rings is 1. The summed E-state index contributed by atoms with van der Waals surface area (Å²) in [6.07, 6.45) is 4.16. The second-order valence-corrected chi connectivity index (χ2v) is 11.7. The number of amides is 4. The lowest BCUT2D eigenvalue weighted by Crippen LogP contribution is -2.53. The zero-order chi connectivity index (χ0) is 27.5. The van der Waals surface area contributed by atoms with Crippen LogP contribution in [-0.4, -0.2) is 109 Å². The number of carbonyl (C=O) groups is 4. The standard InChI is InChI=1S/C29H42N6O4/c1-20(2)18-23(31-27(37)21-6-8-22(9-7-21)32-16-11-30-12-17-32)28(38)34-15-10-24-26(34)25(36)19-35(24)29(39)33-13-4-3-5-14-33/h6-9,20,23-24,26,30H,3-5,10-19H2,1-2H3,(H,31,37). The fourth-order valence-corrected chi connectivity index (χ4v) is 6.47. The van der Waals surface area contributed by atoms with Gasteiger partial charge in [0.1, 0.15) is 12.1 Å². The van der Waals surface area contributed by atoms with Crippen LogP contribution in [0.3, 0.4) is 0 Å². The van der Waals surface area contributed by atoms with Crippen molar-refractivity contribution in [2.75, 3.05) is 57.3 Å². The Morgan fingerprint density at radius 2 is 1.64 bits per heavy atom. The SMILES string of the molecule is CC(C)CC(NC(=O)c1ccc(N2CCNCC2)cc1)C(=O)N1CCC2C1C(=O)CN2C(=O)N1CCCCC1. The van der Waals surface area contributed by atoms with Crippen LogP contribution in [0.4, 0.5) is 10.5 Å². The molecule has 3 atom stereocenters. The molecule has 4 aliphatic rings. The monoisotopic (exact) mass is 538 g/mol. The Morgan fingerprint density at radius 1 is 0.949 bits per heavy atom. The molecule has 4 heterocycles. The van der Waals surface area contributed by atoms with Gasteiger partial charge in [-0.2, -0.15) is 0 Å². The zero-order valence-electron chi connectivity index (χ0n) is 23.2. The van der Waals surface area contributed by atoms with Gasteiger partial charge in [0, 0.05) is 57.1 Å². The van der Waals surface area contributed by atoms with Gasteiger partial charge in [0.05, 0.1) is 12.6 Å². The third-order valence-corrected chi connectivity index (χ3v) is 8.50. The van der Waals surface area contributed by atoms with Crippen molar-refractivity contribution >= 4 is 29.3 Å². The number of Topliss-reactive ketones (excluding diaryl/α,β-unsaturated/α-hetero) is 1. The van der Waals surface area contributed by atoms with Gasteiger partial charge in [-0.05, 0) is 62.3 Å². The van der Waals surface area contributed by atoms with Crippen molar-refractivity contribution < 1.29 is 19.2 Å². The molecule has 4 fully saturated rings. The normalized spacial score (nSPS) is 24.2. The number of rotatable bonds is 6. The third-order valence-electron chi connectivity index (χ3n) is 8.50. The number of nitrogens with one attached hydrogen (secondary N) is 2. The molecule has 0 radical (unpaired) electrons. The number of piperidine rings is 1. The molecule has 5 rings (SSSR count). The highest BCUT2D eigenvalue weighted by Crippen LogP contribution is 2.32. The molecular weight excluding hydrogens is 496 g/mol. The molecule has 0 aliphatic carbocycles. The van der Waals surface area contributed by atoms with E-state index in [0.29, 0.717) is 24.9 Å². The maximum atomic E-state index is 13.8. The summed E-state index contributed by atoms with van der Waals surface area (Å²) in [5.41, 5.74) is 1.58. The van der Waals surface area contributed by atoms with Crippen LogP contribution in [0, 0.1) is 5.92 Å². The number of fused-ring (bicyclic) bond motifs is 1. The van der Waals surface area contributed by atoms with Crippen LogP contribution in [0.25, 0.3) is 0 Å². The summed E-state index contributed by atoms with van der Waals surface area (Å²) < 4.78 is 0. The van der Waals surface area contributed by atoms with Crippen LogP contribution in [0.2, 0.25) is 0 Å². The van der Waals surface area contributed by atoms with Crippen LogP contribution in [0.1, 0.15) is 56.3 Å². The summed E-state index contributed by atoms with van der Waals surface area (Å²) in [5.74, 6) is -0.447. The van der Waals surface area contributed by atoms with Crippen LogP contribution >= 0.6 is 0 Å². The average molecular weight is 539 g/mol. The molecule has 0 saturated carbocycles. The van der Waals surface area contributed by atoms with E-state index >= 15 is 0 Å². The summed E-state index contributed by atoms with van der Waals surface area (Å²) in [5, 5.41) is 6.31. The van der Waals surface area contributed by atoms with Gasteiger partial charge in [0.2, 0.25) is 5.91 Å². The lowest BCUT2D eigenvalue weighted by Gasteiger charge is -2.33. The summed E-state index contributed by atoms with van der Waals surface area (Å²) in [6.45, 7) is 9.66. The quantitative estimate of drug-likeness (QED) is 0.571. The van der Waals surface area contributed by atoms with E-state index in [1.165, 1.54) is 0 Å². The molecule has 0 aromatic heterocycles. The number of carbonyl (C=O) groups excluding carboxylic acids is 4. The maximum absolute atomic E-state index is 13.8. The molecular formula is C29H42N6O4. The first kappa shape index (κ1) is 27.4. The van der Waals surface area contributed by atoms with Gasteiger partial charge in [-0.15, -0.1) is 0 Å². The molecule has 2 N–H and O–H groups in total. The first-order valence-corrected chi connectivity index (χ1v) is 14.6. The van der Waals surface area contributed by atoms with Crippen molar-refractivity contribution in [2.45, 2.75) is 64.1 Å². The van der Waals surface area contributed by atoms with Gasteiger partial charge in [-0.3, -0.25) is 14.4 Å². The Hall–Kier alpha value is -3.14. The second-order valence-electron chi connectivity index (χ2n) is 11.7. The molecule has 3 unspecified atom stereocenters. The predicted molar refractivity (Wildman–Crippen MR) is 149 cm³/mol. The molecule has 4 saturated heterocycles. The van der Waals surface area contributed by atoms with Gasteiger partial charge in [0.25, 0.3) is 5.91 Å². The van der Waals surface area contributed by atoms with Crippen molar-refractivity contribution in [1.29, 1.82) is 0 Å². The minimum atomic E-state index is -0.733. The van der Waals surface area contributed by atoms with Gasteiger partial charge < -0.3 is 30.2 Å². The first-order valence-electron chi connectivity index (χ1n) is 14.6. The summed E-state index contributed by atoms with van der Waals surface area (Å²) in [4.78, 5) is 60.8. The van der Waals surface area contributed by atoms with E-state index in [2.05, 4.69) is 15.5 Å². The Bertz CT molecular complexity index is 1060. The van der Waals surface area contributed by atoms with E-state index in [9.17, 15) is 19.2 Å². The number of hydrogen-bond donors (Lipinski definition) is 2. The van der Waals surface area contributed by atoms with E-state index in [-0.39, 0.29) is 42.1 Å². The Labute approximate surface area is 231 Å². The van der Waals surface area contributed by atoms with Crippen LogP contribution in [-0.2, 0) is 9.59 Å². The van der Waals surface area contributed by atoms with Crippen LogP contribution in [0.5, 0.6) is 0 Å². The third kappa shape index (κ3) is 5.90. The molecule has 4 amide bonds. The second kappa shape index (κ2) is 11.9. The molecule has 10 nitrogen and oxygen atoms in total. The van der Waals surface area contributed by atoms with E-state index in [1.54, 1.807) is 21.9 Å². The minimum Gasteiger partial charge on any atom is -0.369 e. The molecule has 4 aliphatic heterocycles. The number of hydrogen-bond acceptors (Lipinski definition) is 6. The van der Waals surface area contributed by atoms with E-state index in [0.717, 1.165) is 64.2 Å². The highest BCUT2D eigenvalue weighted by Gasteiger charge is 2.52. The summed E-state index contributed by atoms with van der Waals surface area (Å²) in [6, 6.07) is 5.79. The Kier molecular flexibility index (Phi) is 8.40. The van der Waals surface area contributed by atoms with Crippen molar-refractivity contribution in [3.05, 3.63) is 29.8 Å². The maximum Gasteiger partial charge on any atom is 0.320 e. The molecule has 0 bridgehead atoms. The number of anilines is 1. The Balaban J connectivity index is 1.25. The number of nitrogens with zero attached hydrogens (tertiary/aromatic N) is 4. The minimum absolute atomic E-state index is 0.0507. The van der Waals surface area contributed by atoms with E-state index in [1.807, 2.05) is 30.9 Å². The number of ketones is 1. The fourth-order valence-electron chi connectivity index (χ4n) is 6.47. The predicted octanol–water partition coefficient (Wildman–Crippen LogP) is 1.70.